The fraction of sp³-hybridized carbons (Fsp3) is 0.231. The SMILES string of the molecule is CN(Cc1ccncc1)Cc1ccnc(NN)c1. The Morgan fingerprint density at radius 1 is 1.11 bits per heavy atom. The number of nitrogen functional groups attached to an aromatic ring is 1. The molecule has 0 fully saturated rings. The van der Waals surface area contributed by atoms with Gasteiger partial charge in [-0.3, -0.25) is 9.88 Å². The number of nitrogens with two attached hydrogens (primary N) is 1. The summed E-state index contributed by atoms with van der Waals surface area (Å²) in [5.74, 6) is 6.03. The molecule has 0 aliphatic heterocycles. The summed E-state index contributed by atoms with van der Waals surface area (Å²) in [4.78, 5) is 10.3. The standard InChI is InChI=1S/C13H17N5/c1-18(9-11-2-5-15-6-3-11)10-12-4-7-16-13(8-12)17-14/h2-8H,9-10,14H2,1H3,(H,16,17). The van der Waals surface area contributed by atoms with Gasteiger partial charge in [-0.2, -0.15) is 0 Å². The minimum atomic E-state index is 0.685. The van der Waals surface area contributed by atoms with Crippen LogP contribution in [0.25, 0.3) is 0 Å². The number of hydrazine groups is 1. The van der Waals surface area contributed by atoms with Gasteiger partial charge in [-0.25, -0.2) is 10.8 Å². The van der Waals surface area contributed by atoms with Gasteiger partial charge in [-0.15, -0.1) is 0 Å². The fourth-order valence-electron chi connectivity index (χ4n) is 1.82. The number of rotatable bonds is 5. The number of anilines is 1. The Morgan fingerprint density at radius 2 is 1.78 bits per heavy atom. The van der Waals surface area contributed by atoms with Crippen molar-refractivity contribution in [3.8, 4) is 0 Å². The number of nitrogens with one attached hydrogen (secondary N) is 1. The normalized spacial score (nSPS) is 10.6. The molecule has 0 aliphatic rings. The van der Waals surface area contributed by atoms with Gasteiger partial charge in [0.2, 0.25) is 0 Å². The largest absolute Gasteiger partial charge is 0.308 e. The first-order valence-corrected chi connectivity index (χ1v) is 5.77. The molecule has 5 nitrogen and oxygen atoms in total. The molecular weight excluding hydrogens is 226 g/mol. The molecule has 5 heteroatoms. The molecule has 0 aromatic carbocycles. The van der Waals surface area contributed by atoms with Gasteiger partial charge in [-0.1, -0.05) is 0 Å². The minimum absolute atomic E-state index is 0.685. The summed E-state index contributed by atoms with van der Waals surface area (Å²) in [5, 5.41) is 0. The summed E-state index contributed by atoms with van der Waals surface area (Å²) in [6.07, 6.45) is 5.38. The van der Waals surface area contributed by atoms with Crippen LogP contribution in [0.4, 0.5) is 5.82 Å². The smallest absolute Gasteiger partial charge is 0.140 e. The van der Waals surface area contributed by atoms with E-state index in [4.69, 9.17) is 5.84 Å². The molecule has 2 heterocycles. The first-order chi connectivity index (χ1) is 8.78. The molecule has 0 saturated carbocycles. The molecule has 2 rings (SSSR count). The lowest BCUT2D eigenvalue weighted by Crippen LogP contribution is -2.17. The first-order valence-electron chi connectivity index (χ1n) is 5.77. The summed E-state index contributed by atoms with van der Waals surface area (Å²) < 4.78 is 0. The third-order valence-corrected chi connectivity index (χ3v) is 2.63. The van der Waals surface area contributed by atoms with E-state index in [9.17, 15) is 0 Å². The minimum Gasteiger partial charge on any atom is -0.308 e. The van der Waals surface area contributed by atoms with Gasteiger partial charge < -0.3 is 5.43 Å². The molecule has 0 saturated heterocycles. The van der Waals surface area contributed by atoms with Crippen LogP contribution >= 0.6 is 0 Å². The van der Waals surface area contributed by atoms with Gasteiger partial charge in [0.25, 0.3) is 0 Å². The zero-order valence-electron chi connectivity index (χ0n) is 10.4. The summed E-state index contributed by atoms with van der Waals surface area (Å²) in [7, 11) is 2.08. The van der Waals surface area contributed by atoms with Crippen LogP contribution in [-0.2, 0) is 13.1 Å². The molecule has 0 aliphatic carbocycles. The van der Waals surface area contributed by atoms with E-state index in [1.54, 1.807) is 6.20 Å². The van der Waals surface area contributed by atoms with Gasteiger partial charge in [-0.05, 0) is 42.4 Å². The lowest BCUT2D eigenvalue weighted by molar-refractivity contribution is 0.319. The number of aromatic nitrogens is 2. The highest BCUT2D eigenvalue weighted by atomic mass is 15.2. The third kappa shape index (κ3) is 3.51. The van der Waals surface area contributed by atoms with Crippen LogP contribution in [0.5, 0.6) is 0 Å². The molecule has 94 valence electrons. The molecule has 2 aromatic heterocycles. The van der Waals surface area contributed by atoms with Crippen LogP contribution in [0.2, 0.25) is 0 Å². The highest BCUT2D eigenvalue weighted by Gasteiger charge is 2.02. The molecule has 0 amide bonds. The summed E-state index contributed by atoms with van der Waals surface area (Å²) in [5.41, 5.74) is 4.98. The Balaban J connectivity index is 1.96. The van der Waals surface area contributed by atoms with Crippen molar-refractivity contribution in [3.05, 3.63) is 54.0 Å². The van der Waals surface area contributed by atoms with Crippen molar-refractivity contribution in [2.45, 2.75) is 13.1 Å². The number of hydrogen-bond acceptors (Lipinski definition) is 5. The number of hydrogen-bond donors (Lipinski definition) is 2. The summed E-state index contributed by atoms with van der Waals surface area (Å²) in [6, 6.07) is 7.98. The van der Waals surface area contributed by atoms with Crippen LogP contribution < -0.4 is 11.3 Å². The van der Waals surface area contributed by atoms with Gasteiger partial charge >= 0.3 is 0 Å². The van der Waals surface area contributed by atoms with Crippen LogP contribution in [0.15, 0.2) is 42.9 Å². The fourth-order valence-corrected chi connectivity index (χ4v) is 1.82. The Hall–Kier alpha value is -1.98. The Bertz CT molecular complexity index is 486. The molecular formula is C13H17N5. The van der Waals surface area contributed by atoms with Crippen molar-refractivity contribution in [1.29, 1.82) is 0 Å². The van der Waals surface area contributed by atoms with Crippen molar-refractivity contribution < 1.29 is 0 Å². The van der Waals surface area contributed by atoms with E-state index >= 15 is 0 Å². The van der Waals surface area contributed by atoms with Crippen LogP contribution in [0.3, 0.4) is 0 Å². The topological polar surface area (TPSA) is 67.1 Å². The molecule has 18 heavy (non-hydrogen) atoms. The summed E-state index contributed by atoms with van der Waals surface area (Å²) in [6.45, 7) is 1.73. The second-order valence-electron chi connectivity index (χ2n) is 4.22. The molecule has 0 atom stereocenters. The van der Waals surface area contributed by atoms with Gasteiger partial charge in [0.05, 0.1) is 0 Å². The third-order valence-electron chi connectivity index (χ3n) is 2.63. The Kier molecular flexibility index (Phi) is 4.22. The predicted molar refractivity (Wildman–Crippen MR) is 71.5 cm³/mol. The highest BCUT2D eigenvalue weighted by molar-refractivity contribution is 5.35. The zero-order valence-corrected chi connectivity index (χ0v) is 10.4. The molecule has 0 radical (unpaired) electrons. The molecule has 3 N–H and O–H groups in total. The maximum absolute atomic E-state index is 5.34. The Morgan fingerprint density at radius 3 is 2.50 bits per heavy atom. The van der Waals surface area contributed by atoms with E-state index in [0.29, 0.717) is 5.82 Å². The molecule has 0 spiro atoms. The predicted octanol–water partition coefficient (Wildman–Crippen LogP) is 1.39. The van der Waals surface area contributed by atoms with Crippen molar-refractivity contribution in [3.63, 3.8) is 0 Å². The van der Waals surface area contributed by atoms with Crippen molar-refractivity contribution in [1.82, 2.24) is 14.9 Å². The average molecular weight is 243 g/mol. The maximum Gasteiger partial charge on any atom is 0.140 e. The van der Waals surface area contributed by atoms with Gasteiger partial charge in [0, 0.05) is 31.7 Å². The molecule has 0 unspecified atom stereocenters. The van der Waals surface area contributed by atoms with Crippen LogP contribution in [0, 0.1) is 0 Å². The number of nitrogens with zero attached hydrogens (tertiary/aromatic N) is 3. The zero-order chi connectivity index (χ0) is 12.8. The maximum atomic E-state index is 5.34. The molecule has 0 bridgehead atoms. The second kappa shape index (κ2) is 6.09. The van der Waals surface area contributed by atoms with Crippen molar-refractivity contribution in [2.24, 2.45) is 5.84 Å². The van der Waals surface area contributed by atoms with Crippen molar-refractivity contribution >= 4 is 5.82 Å². The lowest BCUT2D eigenvalue weighted by Gasteiger charge is -2.16. The Labute approximate surface area is 107 Å². The molecule has 2 aromatic rings. The summed E-state index contributed by atoms with van der Waals surface area (Å²) >= 11 is 0. The van der Waals surface area contributed by atoms with Crippen LogP contribution in [0.1, 0.15) is 11.1 Å². The average Bonchev–Trinajstić information content (AvgIpc) is 2.40. The van der Waals surface area contributed by atoms with E-state index in [2.05, 4.69) is 27.3 Å². The monoisotopic (exact) mass is 243 g/mol. The van der Waals surface area contributed by atoms with Crippen LogP contribution in [-0.4, -0.2) is 21.9 Å². The second-order valence-corrected chi connectivity index (χ2v) is 4.22. The quantitative estimate of drug-likeness (QED) is 0.613. The van der Waals surface area contributed by atoms with Gasteiger partial charge in [0.1, 0.15) is 5.82 Å². The van der Waals surface area contributed by atoms with E-state index in [1.807, 2.05) is 36.7 Å². The van der Waals surface area contributed by atoms with Crippen molar-refractivity contribution in [2.75, 3.05) is 12.5 Å². The highest BCUT2D eigenvalue weighted by Crippen LogP contribution is 2.10. The van der Waals surface area contributed by atoms with E-state index in [1.165, 1.54) is 11.1 Å². The number of pyridine rings is 2. The van der Waals surface area contributed by atoms with E-state index in [0.717, 1.165) is 13.1 Å². The van der Waals surface area contributed by atoms with Gasteiger partial charge in [0.15, 0.2) is 0 Å². The lowest BCUT2D eigenvalue weighted by atomic mass is 10.2. The van der Waals surface area contributed by atoms with E-state index in [-0.39, 0.29) is 0 Å². The first kappa shape index (κ1) is 12.5. The van der Waals surface area contributed by atoms with E-state index < -0.39 is 0 Å².